The van der Waals surface area contributed by atoms with E-state index in [0.29, 0.717) is 11.7 Å². The summed E-state index contributed by atoms with van der Waals surface area (Å²) in [6.07, 6.45) is 1.83. The zero-order chi connectivity index (χ0) is 8.69. The van der Waals surface area contributed by atoms with Gasteiger partial charge in [0, 0.05) is 10.2 Å². The van der Waals surface area contributed by atoms with Gasteiger partial charge < -0.3 is 14.2 Å². The van der Waals surface area contributed by atoms with Crippen LogP contribution in [0.4, 0.5) is 0 Å². The fourth-order valence-electron chi connectivity index (χ4n) is 0.655. The van der Waals surface area contributed by atoms with E-state index in [4.69, 9.17) is 14.2 Å². The van der Waals surface area contributed by atoms with E-state index in [-0.39, 0.29) is 0 Å². The molecule has 64 valence electrons. The average Bonchev–Trinajstić information content (AvgIpc) is 2.05. The van der Waals surface area contributed by atoms with E-state index in [9.17, 15) is 0 Å². The molecule has 0 aromatic carbocycles. The van der Waals surface area contributed by atoms with Gasteiger partial charge in [-0.15, -0.1) is 5.70 Å². The molecule has 0 radical (unpaired) electrons. The summed E-state index contributed by atoms with van der Waals surface area (Å²) in [6, 6.07) is 0. The molecule has 0 heterocycles. The highest BCUT2D eigenvalue weighted by molar-refractivity contribution is 6.17. The van der Waals surface area contributed by atoms with Crippen molar-refractivity contribution >= 4 is 10.2 Å². The smallest absolute Gasteiger partial charge is 0.322 e. The zero-order valence-electron chi connectivity index (χ0n) is 7.38. The molecule has 0 aliphatic carbocycles. The predicted octanol–water partition coefficient (Wildman–Crippen LogP) is -0.0262. The van der Waals surface area contributed by atoms with E-state index >= 15 is 0 Å². The van der Waals surface area contributed by atoms with Crippen molar-refractivity contribution in [2.75, 3.05) is 21.3 Å². The summed E-state index contributed by atoms with van der Waals surface area (Å²) in [4.78, 5) is 0. The van der Waals surface area contributed by atoms with Gasteiger partial charge >= 0.3 is 5.95 Å². The fraction of sp³-hybridized carbons (Fsp3) is 0.429. The molecule has 0 N–H and O–H groups in total. The van der Waals surface area contributed by atoms with Crippen LogP contribution in [-0.4, -0.2) is 31.6 Å². The van der Waals surface area contributed by atoms with Crippen LogP contribution in [0.1, 0.15) is 0 Å². The van der Waals surface area contributed by atoms with Crippen molar-refractivity contribution in [2.24, 2.45) is 0 Å². The molecule has 0 aromatic heterocycles. The number of ether oxygens (including phenoxy) is 3. The molecule has 0 aliphatic heterocycles. The van der Waals surface area contributed by atoms with Crippen molar-refractivity contribution in [3.8, 4) is 0 Å². The molecule has 0 rings (SSSR count). The molecule has 0 spiro atoms. The molecular weight excluding hydrogens is 160 g/mol. The van der Waals surface area contributed by atoms with Crippen LogP contribution in [0.15, 0.2) is 23.5 Å². The van der Waals surface area contributed by atoms with Crippen molar-refractivity contribution in [1.82, 2.24) is 0 Å². The van der Waals surface area contributed by atoms with Crippen LogP contribution in [0.2, 0.25) is 0 Å². The van der Waals surface area contributed by atoms with Crippen LogP contribution in [0.5, 0.6) is 0 Å². The van der Waals surface area contributed by atoms with Gasteiger partial charge in [0.15, 0.2) is 5.76 Å². The molecule has 0 saturated heterocycles. The molecule has 4 heteroatoms. The van der Waals surface area contributed by atoms with E-state index in [2.05, 4.69) is 0 Å². The minimum absolute atomic E-state index is 0.402. The quantitative estimate of drug-likeness (QED) is 0.340. The van der Waals surface area contributed by atoms with Crippen molar-refractivity contribution in [1.29, 1.82) is 0 Å². The summed E-state index contributed by atoms with van der Waals surface area (Å²) >= 11 is 0. The first-order valence-electron chi connectivity index (χ1n) is 3.29. The minimum Gasteiger partial charge on any atom is -0.490 e. The maximum atomic E-state index is 5.00. The van der Waals surface area contributed by atoms with Gasteiger partial charge in [-0.1, -0.05) is 0 Å². The lowest BCUT2D eigenvalue weighted by molar-refractivity contribution is 0.0725. The number of methoxy groups -OCH3 is 3. The maximum Gasteiger partial charge on any atom is 0.322 e. The maximum absolute atomic E-state index is 5.00. The predicted molar refractivity (Wildman–Crippen MR) is 47.1 cm³/mol. The molecule has 0 saturated carbocycles. The van der Waals surface area contributed by atoms with Crippen LogP contribution in [0.25, 0.3) is 0 Å². The Balaban J connectivity index is 4.47. The van der Waals surface area contributed by atoms with Crippen molar-refractivity contribution in [2.45, 2.75) is 0 Å². The van der Waals surface area contributed by atoms with Gasteiger partial charge in [0.25, 0.3) is 0 Å². The first-order valence-corrected chi connectivity index (χ1v) is 4.44. The Bertz CT molecular complexity index is 157. The van der Waals surface area contributed by atoms with Crippen LogP contribution in [0, 0.1) is 0 Å². The Kier molecular flexibility index (Phi) is 5.37. The van der Waals surface area contributed by atoms with Gasteiger partial charge in [-0.25, -0.2) is 0 Å². The van der Waals surface area contributed by atoms with E-state index in [1.165, 1.54) is 0 Å². The summed E-state index contributed by atoms with van der Waals surface area (Å²) in [5.41, 5.74) is 1.98. The molecule has 0 aromatic rings. The molecule has 3 nitrogen and oxygen atoms in total. The third-order valence-electron chi connectivity index (χ3n) is 1.11. The van der Waals surface area contributed by atoms with Crippen molar-refractivity contribution < 1.29 is 14.2 Å². The van der Waals surface area contributed by atoms with Gasteiger partial charge in [-0.2, -0.15) is 0 Å². The van der Waals surface area contributed by atoms with Crippen LogP contribution >= 0.6 is 0 Å². The second kappa shape index (κ2) is 5.85. The number of hydrogen-bond acceptors (Lipinski definition) is 3. The van der Waals surface area contributed by atoms with Gasteiger partial charge in [0.2, 0.25) is 0 Å². The van der Waals surface area contributed by atoms with Crippen LogP contribution in [-0.2, 0) is 14.2 Å². The highest BCUT2D eigenvalue weighted by Crippen LogP contribution is 2.07. The highest BCUT2D eigenvalue weighted by Gasteiger charge is 2.02. The van der Waals surface area contributed by atoms with E-state index in [0.717, 1.165) is 10.2 Å². The van der Waals surface area contributed by atoms with Crippen LogP contribution < -0.4 is 0 Å². The molecule has 0 fully saturated rings. The molecule has 0 unspecified atom stereocenters. The summed E-state index contributed by atoms with van der Waals surface area (Å²) in [5.74, 6) is 1.02. The molecule has 0 amide bonds. The second-order valence-electron chi connectivity index (χ2n) is 1.76. The highest BCUT2D eigenvalue weighted by atomic mass is 28.1. The monoisotopic (exact) mass is 174 g/mol. The fourth-order valence-corrected chi connectivity index (χ4v) is 0.958. The third-order valence-corrected chi connectivity index (χ3v) is 1.44. The van der Waals surface area contributed by atoms with Crippen LogP contribution in [0.3, 0.4) is 0 Å². The number of hydrogen-bond donors (Lipinski definition) is 0. The molecular formula is C7H14O3Si. The SMILES string of the molecule is COC(C=C[SiH3])=C(OC)OC. The molecule has 0 atom stereocenters. The minimum atomic E-state index is 0.402. The Morgan fingerprint density at radius 2 is 1.64 bits per heavy atom. The Morgan fingerprint density at radius 3 is 1.91 bits per heavy atom. The van der Waals surface area contributed by atoms with Gasteiger partial charge in [-0.05, 0) is 6.08 Å². The lowest BCUT2D eigenvalue weighted by atomic mass is 10.5. The molecule has 0 bridgehead atoms. The molecule has 11 heavy (non-hydrogen) atoms. The van der Waals surface area contributed by atoms with Gasteiger partial charge in [0.05, 0.1) is 21.3 Å². The molecule has 0 aliphatic rings. The summed E-state index contributed by atoms with van der Waals surface area (Å²) in [7, 11) is 5.65. The largest absolute Gasteiger partial charge is 0.490 e. The third kappa shape index (κ3) is 3.13. The normalized spacial score (nSPS) is 9.73. The van der Waals surface area contributed by atoms with Crippen molar-refractivity contribution in [3.63, 3.8) is 0 Å². The van der Waals surface area contributed by atoms with Gasteiger partial charge in [-0.3, -0.25) is 0 Å². The topological polar surface area (TPSA) is 27.7 Å². The van der Waals surface area contributed by atoms with Crippen molar-refractivity contribution in [3.05, 3.63) is 23.5 Å². The Hall–Kier alpha value is -0.903. The van der Waals surface area contributed by atoms with E-state index in [1.54, 1.807) is 21.3 Å². The first-order chi connectivity index (χ1) is 5.29. The average molecular weight is 174 g/mol. The lowest BCUT2D eigenvalue weighted by Crippen LogP contribution is -1.96. The van der Waals surface area contributed by atoms with E-state index < -0.39 is 0 Å². The van der Waals surface area contributed by atoms with Gasteiger partial charge in [0.1, 0.15) is 0 Å². The lowest BCUT2D eigenvalue weighted by Gasteiger charge is -2.07. The second-order valence-corrected chi connectivity index (χ2v) is 2.43. The number of allylic oxidation sites excluding steroid dienone is 1. The number of rotatable bonds is 4. The standard InChI is InChI=1S/C7H14O3Si/c1-8-6(4-5-11)7(9-2)10-3/h4-5H,1-3,11H3. The Morgan fingerprint density at radius 1 is 1.09 bits per heavy atom. The summed E-state index contributed by atoms with van der Waals surface area (Å²) < 4.78 is 14.8. The van der Waals surface area contributed by atoms with E-state index in [1.807, 2.05) is 11.8 Å². The zero-order valence-corrected chi connectivity index (χ0v) is 9.38. The summed E-state index contributed by atoms with van der Waals surface area (Å²) in [6.45, 7) is 0. The first kappa shape index (κ1) is 10.1. The Labute approximate surface area is 70.1 Å². The summed E-state index contributed by atoms with van der Waals surface area (Å²) in [5, 5.41) is 0.